The molecule has 0 atom stereocenters. The van der Waals surface area contributed by atoms with Gasteiger partial charge in [0.1, 0.15) is 18.2 Å². The van der Waals surface area contributed by atoms with Crippen molar-refractivity contribution in [2.75, 3.05) is 13.2 Å². The summed E-state index contributed by atoms with van der Waals surface area (Å²) in [6.07, 6.45) is 0. The molecule has 2 aromatic carbocycles. The third kappa shape index (κ3) is 4.07. The van der Waals surface area contributed by atoms with Gasteiger partial charge in [-0.05, 0) is 50.1 Å². The van der Waals surface area contributed by atoms with Crippen LogP contribution < -0.4 is 10.1 Å². The molecule has 0 saturated heterocycles. The molecule has 0 aliphatic carbocycles. The number of rotatable bonds is 5. The molecule has 2 rings (SSSR count). The fourth-order valence-corrected chi connectivity index (χ4v) is 2.44. The van der Waals surface area contributed by atoms with Crippen molar-refractivity contribution < 1.29 is 13.9 Å². The maximum atomic E-state index is 13.1. The van der Waals surface area contributed by atoms with Gasteiger partial charge in [0.15, 0.2) is 0 Å². The molecular weight excluding hydrogens is 281 g/mol. The highest BCUT2D eigenvalue weighted by atomic mass is 19.1. The molecule has 116 valence electrons. The Morgan fingerprint density at radius 2 is 1.82 bits per heavy atom. The number of carbonyl (C=O) groups excluding carboxylic acids is 1. The number of hydrogen-bond acceptors (Lipinski definition) is 2. The van der Waals surface area contributed by atoms with Gasteiger partial charge in [-0.2, -0.15) is 0 Å². The van der Waals surface area contributed by atoms with Crippen LogP contribution in [-0.4, -0.2) is 19.1 Å². The lowest BCUT2D eigenvalue weighted by Crippen LogP contribution is -2.28. The Bertz CT molecular complexity index is 660. The molecule has 22 heavy (non-hydrogen) atoms. The van der Waals surface area contributed by atoms with Gasteiger partial charge in [0.2, 0.25) is 0 Å². The molecule has 0 aromatic heterocycles. The van der Waals surface area contributed by atoms with E-state index >= 15 is 0 Å². The smallest absolute Gasteiger partial charge is 0.251 e. The minimum atomic E-state index is -0.421. The van der Waals surface area contributed by atoms with Gasteiger partial charge in [-0.25, -0.2) is 4.39 Å². The van der Waals surface area contributed by atoms with Crippen molar-refractivity contribution >= 4 is 5.91 Å². The van der Waals surface area contributed by atoms with Crippen LogP contribution in [0.4, 0.5) is 4.39 Å². The monoisotopic (exact) mass is 301 g/mol. The average Bonchev–Trinajstić information content (AvgIpc) is 2.45. The minimum Gasteiger partial charge on any atom is -0.491 e. The van der Waals surface area contributed by atoms with E-state index in [1.165, 1.54) is 23.8 Å². The summed E-state index contributed by atoms with van der Waals surface area (Å²) in [6, 6.07) is 9.74. The first kappa shape index (κ1) is 16.0. The molecule has 0 fully saturated rings. The van der Waals surface area contributed by atoms with E-state index in [1.807, 2.05) is 20.8 Å². The minimum absolute atomic E-state index is 0.305. The second-order valence-corrected chi connectivity index (χ2v) is 5.34. The molecule has 0 radical (unpaired) electrons. The van der Waals surface area contributed by atoms with Crippen LogP contribution in [0.3, 0.4) is 0 Å². The zero-order valence-electron chi connectivity index (χ0n) is 13.1. The highest BCUT2D eigenvalue weighted by Crippen LogP contribution is 2.24. The van der Waals surface area contributed by atoms with E-state index in [-0.39, 0.29) is 5.91 Å². The number of halogens is 1. The molecule has 0 heterocycles. The van der Waals surface area contributed by atoms with Crippen LogP contribution in [0.15, 0.2) is 36.4 Å². The first-order chi connectivity index (χ1) is 10.5. The summed E-state index contributed by atoms with van der Waals surface area (Å²) < 4.78 is 18.8. The maximum Gasteiger partial charge on any atom is 0.251 e. The summed E-state index contributed by atoms with van der Waals surface area (Å²) >= 11 is 0. The predicted octanol–water partition coefficient (Wildman–Crippen LogP) is 3.56. The Balaban J connectivity index is 1.86. The number of carbonyl (C=O) groups is 1. The molecule has 0 spiro atoms. The van der Waals surface area contributed by atoms with E-state index in [2.05, 4.69) is 17.4 Å². The molecule has 1 amide bonds. The molecule has 1 N–H and O–H groups in total. The molecule has 3 nitrogen and oxygen atoms in total. The Morgan fingerprint density at radius 1 is 1.14 bits per heavy atom. The Hall–Kier alpha value is -2.36. The Kier molecular flexibility index (Phi) is 5.15. The lowest BCUT2D eigenvalue weighted by atomic mass is 10.1. The summed E-state index contributed by atoms with van der Waals surface area (Å²) in [6.45, 7) is 6.78. The van der Waals surface area contributed by atoms with Crippen molar-refractivity contribution in [3.05, 3.63) is 64.5 Å². The normalized spacial score (nSPS) is 10.4. The third-order valence-electron chi connectivity index (χ3n) is 3.33. The van der Waals surface area contributed by atoms with E-state index < -0.39 is 5.82 Å². The van der Waals surface area contributed by atoms with Crippen LogP contribution in [-0.2, 0) is 0 Å². The molecule has 0 aliphatic heterocycles. The number of ether oxygens (including phenoxy) is 1. The van der Waals surface area contributed by atoms with E-state index in [1.54, 1.807) is 6.07 Å². The van der Waals surface area contributed by atoms with Gasteiger partial charge in [0, 0.05) is 5.56 Å². The molecule has 4 heteroatoms. The first-order valence-corrected chi connectivity index (χ1v) is 7.22. The molecule has 2 aromatic rings. The van der Waals surface area contributed by atoms with Crippen LogP contribution >= 0.6 is 0 Å². The summed E-state index contributed by atoms with van der Waals surface area (Å²) in [4.78, 5) is 11.9. The van der Waals surface area contributed by atoms with Gasteiger partial charge < -0.3 is 10.1 Å². The zero-order chi connectivity index (χ0) is 16.1. The van der Waals surface area contributed by atoms with Crippen LogP contribution in [0.2, 0.25) is 0 Å². The van der Waals surface area contributed by atoms with Gasteiger partial charge in [-0.1, -0.05) is 23.8 Å². The summed E-state index contributed by atoms with van der Waals surface area (Å²) in [5.41, 5.74) is 3.66. The van der Waals surface area contributed by atoms with Gasteiger partial charge in [0.05, 0.1) is 6.54 Å². The summed E-state index contributed by atoms with van der Waals surface area (Å²) in [5, 5.41) is 2.72. The van der Waals surface area contributed by atoms with Crippen molar-refractivity contribution in [2.45, 2.75) is 20.8 Å². The van der Waals surface area contributed by atoms with E-state index in [0.29, 0.717) is 18.7 Å². The number of benzene rings is 2. The standard InChI is InChI=1S/C18H20FNO2/c1-12-9-13(2)17(14(3)10-12)22-8-7-20-18(21)15-5-4-6-16(19)11-15/h4-6,9-11H,7-8H2,1-3H3,(H,20,21). The van der Waals surface area contributed by atoms with Crippen molar-refractivity contribution in [2.24, 2.45) is 0 Å². The largest absolute Gasteiger partial charge is 0.491 e. The molecule has 0 unspecified atom stereocenters. The van der Waals surface area contributed by atoms with Gasteiger partial charge in [-0.3, -0.25) is 4.79 Å². The van der Waals surface area contributed by atoms with Crippen molar-refractivity contribution in [3.8, 4) is 5.75 Å². The fourth-order valence-electron chi connectivity index (χ4n) is 2.44. The average molecular weight is 301 g/mol. The molecular formula is C18H20FNO2. The van der Waals surface area contributed by atoms with Gasteiger partial charge >= 0.3 is 0 Å². The molecule has 0 bridgehead atoms. The predicted molar refractivity (Wildman–Crippen MR) is 84.9 cm³/mol. The first-order valence-electron chi connectivity index (χ1n) is 7.22. The maximum absolute atomic E-state index is 13.1. The summed E-state index contributed by atoms with van der Waals surface area (Å²) in [5.74, 6) is 0.126. The molecule has 0 saturated carbocycles. The van der Waals surface area contributed by atoms with Crippen LogP contribution in [0.5, 0.6) is 5.75 Å². The quantitative estimate of drug-likeness (QED) is 0.858. The lowest BCUT2D eigenvalue weighted by Gasteiger charge is -2.13. The summed E-state index contributed by atoms with van der Waals surface area (Å²) in [7, 11) is 0. The number of hydrogen-bond donors (Lipinski definition) is 1. The topological polar surface area (TPSA) is 38.3 Å². The van der Waals surface area contributed by atoms with Crippen molar-refractivity contribution in [3.63, 3.8) is 0 Å². The van der Waals surface area contributed by atoms with Gasteiger partial charge in [0.25, 0.3) is 5.91 Å². The van der Waals surface area contributed by atoms with Crippen molar-refractivity contribution in [1.82, 2.24) is 5.32 Å². The number of amides is 1. The number of nitrogens with one attached hydrogen (secondary N) is 1. The van der Waals surface area contributed by atoms with Crippen LogP contribution in [0.1, 0.15) is 27.0 Å². The second-order valence-electron chi connectivity index (χ2n) is 5.34. The third-order valence-corrected chi connectivity index (χ3v) is 3.33. The van der Waals surface area contributed by atoms with Crippen molar-refractivity contribution in [1.29, 1.82) is 0 Å². The van der Waals surface area contributed by atoms with E-state index in [9.17, 15) is 9.18 Å². The van der Waals surface area contributed by atoms with E-state index in [0.717, 1.165) is 16.9 Å². The van der Waals surface area contributed by atoms with Crippen LogP contribution in [0.25, 0.3) is 0 Å². The van der Waals surface area contributed by atoms with Crippen LogP contribution in [0, 0.1) is 26.6 Å². The van der Waals surface area contributed by atoms with E-state index in [4.69, 9.17) is 4.74 Å². The number of aryl methyl sites for hydroxylation is 3. The highest BCUT2D eigenvalue weighted by Gasteiger charge is 2.07. The fraction of sp³-hybridized carbons (Fsp3) is 0.278. The van der Waals surface area contributed by atoms with Gasteiger partial charge in [-0.15, -0.1) is 0 Å². The highest BCUT2D eigenvalue weighted by molar-refractivity contribution is 5.94. The zero-order valence-corrected chi connectivity index (χ0v) is 13.1. The lowest BCUT2D eigenvalue weighted by molar-refractivity contribution is 0.0946. The Morgan fingerprint density at radius 3 is 2.45 bits per heavy atom. The second kappa shape index (κ2) is 7.07. The molecule has 0 aliphatic rings. The Labute approximate surface area is 130 Å². The SMILES string of the molecule is Cc1cc(C)c(OCCNC(=O)c2cccc(F)c2)c(C)c1.